The second-order valence-electron chi connectivity index (χ2n) is 5.19. The summed E-state index contributed by atoms with van der Waals surface area (Å²) < 4.78 is 0. The van der Waals surface area contributed by atoms with E-state index >= 15 is 0 Å². The third-order valence-electron chi connectivity index (χ3n) is 3.42. The topological polar surface area (TPSA) is 0 Å². The molecule has 0 nitrogen and oxygen atoms in total. The first-order chi connectivity index (χ1) is 8.41. The van der Waals surface area contributed by atoms with Gasteiger partial charge in [-0.2, -0.15) is 0 Å². The van der Waals surface area contributed by atoms with Crippen LogP contribution in [0.4, 0.5) is 0 Å². The molecule has 0 aromatic carbocycles. The van der Waals surface area contributed by atoms with Gasteiger partial charge >= 0.3 is 0 Å². The number of hydrogen-bond donors (Lipinski definition) is 0. The predicted octanol–water partition coefficient (Wildman–Crippen LogP) is 6.87. The molecule has 0 aromatic rings. The standard InChI is InChI=1S/C16H32Cl/c1-2-3-4-5-6-7-8-9-10-11-12-13-14-15-16-17/h16H,2-15H2,1H3. The molecule has 0 saturated heterocycles. The summed E-state index contributed by atoms with van der Waals surface area (Å²) >= 11 is 5.52. The van der Waals surface area contributed by atoms with E-state index in [1.807, 2.05) is 0 Å². The number of unbranched alkanes of at least 4 members (excludes halogenated alkanes) is 13. The molecule has 0 aromatic heterocycles. The Morgan fingerprint density at radius 1 is 0.588 bits per heavy atom. The van der Waals surface area contributed by atoms with Gasteiger partial charge < -0.3 is 0 Å². The Bertz CT molecular complexity index is 109. The quantitative estimate of drug-likeness (QED) is 0.299. The van der Waals surface area contributed by atoms with E-state index in [-0.39, 0.29) is 0 Å². The average Bonchev–Trinajstić information content (AvgIpc) is 2.35. The van der Waals surface area contributed by atoms with E-state index in [1.165, 1.54) is 83.5 Å². The smallest absolute Gasteiger partial charge is 0.0499 e. The second-order valence-corrected chi connectivity index (χ2v) is 5.49. The van der Waals surface area contributed by atoms with Crippen molar-refractivity contribution in [1.82, 2.24) is 0 Å². The first-order valence-electron chi connectivity index (χ1n) is 7.83. The van der Waals surface area contributed by atoms with E-state index in [1.54, 1.807) is 5.88 Å². The van der Waals surface area contributed by atoms with Crippen LogP contribution in [0.2, 0.25) is 0 Å². The summed E-state index contributed by atoms with van der Waals surface area (Å²) in [7, 11) is 0. The van der Waals surface area contributed by atoms with Crippen LogP contribution < -0.4 is 0 Å². The monoisotopic (exact) mass is 259 g/mol. The molecule has 0 heterocycles. The number of halogens is 1. The fraction of sp³-hybridized carbons (Fsp3) is 0.938. The van der Waals surface area contributed by atoms with Crippen LogP contribution in [0.25, 0.3) is 0 Å². The molecule has 0 aliphatic carbocycles. The highest BCUT2D eigenvalue weighted by molar-refractivity contribution is 6.23. The summed E-state index contributed by atoms with van der Waals surface area (Å²) in [5.41, 5.74) is 0. The lowest BCUT2D eigenvalue weighted by molar-refractivity contribution is 0.539. The summed E-state index contributed by atoms with van der Waals surface area (Å²) in [6, 6.07) is 0. The molecule has 0 rings (SSSR count). The van der Waals surface area contributed by atoms with E-state index in [0.29, 0.717) is 0 Å². The fourth-order valence-electron chi connectivity index (χ4n) is 2.24. The Morgan fingerprint density at radius 2 is 0.941 bits per heavy atom. The molecule has 0 spiro atoms. The van der Waals surface area contributed by atoms with Crippen molar-refractivity contribution in [2.75, 3.05) is 0 Å². The lowest BCUT2D eigenvalue weighted by Crippen LogP contribution is -1.82. The predicted molar refractivity (Wildman–Crippen MR) is 80.5 cm³/mol. The third kappa shape index (κ3) is 16.3. The Hall–Kier alpha value is 0.290. The Balaban J connectivity index is 2.85. The maximum atomic E-state index is 5.52. The van der Waals surface area contributed by atoms with E-state index in [4.69, 9.17) is 11.6 Å². The van der Waals surface area contributed by atoms with Crippen molar-refractivity contribution in [2.24, 2.45) is 0 Å². The van der Waals surface area contributed by atoms with Crippen LogP contribution >= 0.6 is 11.6 Å². The largest absolute Gasteiger partial charge is 0.121 e. The van der Waals surface area contributed by atoms with Gasteiger partial charge in [0.1, 0.15) is 0 Å². The molecule has 0 unspecified atom stereocenters. The molecule has 103 valence electrons. The van der Waals surface area contributed by atoms with Crippen LogP contribution in [0.3, 0.4) is 0 Å². The maximum Gasteiger partial charge on any atom is 0.0499 e. The maximum absolute atomic E-state index is 5.52. The van der Waals surface area contributed by atoms with Crippen molar-refractivity contribution >= 4 is 11.6 Å². The zero-order chi connectivity index (χ0) is 12.6. The highest BCUT2D eigenvalue weighted by Crippen LogP contribution is 2.13. The molecular formula is C16H32Cl. The van der Waals surface area contributed by atoms with Crippen molar-refractivity contribution < 1.29 is 0 Å². The minimum absolute atomic E-state index is 1.08. The number of rotatable bonds is 14. The molecule has 0 atom stereocenters. The zero-order valence-corrected chi connectivity index (χ0v) is 12.6. The fourth-order valence-corrected chi connectivity index (χ4v) is 2.39. The molecule has 0 aliphatic rings. The van der Waals surface area contributed by atoms with Crippen LogP contribution in [0.1, 0.15) is 96.8 Å². The van der Waals surface area contributed by atoms with E-state index in [9.17, 15) is 0 Å². The van der Waals surface area contributed by atoms with Gasteiger partial charge in [0.05, 0.1) is 0 Å². The zero-order valence-electron chi connectivity index (χ0n) is 11.9. The van der Waals surface area contributed by atoms with E-state index < -0.39 is 0 Å². The van der Waals surface area contributed by atoms with E-state index in [2.05, 4.69) is 6.92 Å². The minimum Gasteiger partial charge on any atom is -0.121 e. The summed E-state index contributed by atoms with van der Waals surface area (Å²) in [6.45, 7) is 2.28. The molecule has 0 amide bonds. The lowest BCUT2D eigenvalue weighted by Gasteiger charge is -2.02. The highest BCUT2D eigenvalue weighted by atomic mass is 35.5. The summed E-state index contributed by atoms with van der Waals surface area (Å²) in [5, 5.41) is 0. The Morgan fingerprint density at radius 3 is 1.29 bits per heavy atom. The number of hydrogen-bond acceptors (Lipinski definition) is 0. The second kappa shape index (κ2) is 16.3. The minimum atomic E-state index is 1.08. The Kier molecular flexibility index (Phi) is 16.6. The van der Waals surface area contributed by atoms with Gasteiger partial charge in [-0.25, -0.2) is 0 Å². The van der Waals surface area contributed by atoms with E-state index in [0.717, 1.165) is 6.42 Å². The van der Waals surface area contributed by atoms with Crippen molar-refractivity contribution in [3.63, 3.8) is 0 Å². The first kappa shape index (κ1) is 17.3. The molecule has 17 heavy (non-hydrogen) atoms. The van der Waals surface area contributed by atoms with Crippen LogP contribution in [-0.4, -0.2) is 0 Å². The summed E-state index contributed by atoms with van der Waals surface area (Å²) in [4.78, 5) is 0. The molecule has 0 saturated carbocycles. The summed E-state index contributed by atoms with van der Waals surface area (Å²) in [6.07, 6.45) is 19.5. The molecule has 0 fully saturated rings. The van der Waals surface area contributed by atoms with Crippen LogP contribution in [0.15, 0.2) is 0 Å². The molecular weight excluding hydrogens is 228 g/mol. The van der Waals surface area contributed by atoms with Gasteiger partial charge in [0.15, 0.2) is 0 Å². The first-order valence-corrected chi connectivity index (χ1v) is 8.27. The van der Waals surface area contributed by atoms with Gasteiger partial charge in [0.2, 0.25) is 0 Å². The van der Waals surface area contributed by atoms with Crippen molar-refractivity contribution in [3.8, 4) is 0 Å². The van der Waals surface area contributed by atoms with Crippen LogP contribution in [0.5, 0.6) is 0 Å². The van der Waals surface area contributed by atoms with Crippen molar-refractivity contribution in [3.05, 3.63) is 5.88 Å². The normalized spacial score (nSPS) is 10.9. The molecule has 0 bridgehead atoms. The van der Waals surface area contributed by atoms with Gasteiger partial charge in [-0.3, -0.25) is 0 Å². The summed E-state index contributed by atoms with van der Waals surface area (Å²) in [5.74, 6) is 1.76. The van der Waals surface area contributed by atoms with Gasteiger partial charge in [0.25, 0.3) is 0 Å². The van der Waals surface area contributed by atoms with Crippen LogP contribution in [-0.2, 0) is 0 Å². The lowest BCUT2D eigenvalue weighted by atomic mass is 10.0. The highest BCUT2D eigenvalue weighted by Gasteiger charge is 1.93. The van der Waals surface area contributed by atoms with Gasteiger partial charge in [-0.1, -0.05) is 90.4 Å². The van der Waals surface area contributed by atoms with Crippen molar-refractivity contribution in [2.45, 2.75) is 96.8 Å². The SMILES string of the molecule is CCCCCCCCCCCCCCC[CH]Cl. The van der Waals surface area contributed by atoms with Crippen molar-refractivity contribution in [1.29, 1.82) is 0 Å². The third-order valence-corrected chi connectivity index (χ3v) is 3.64. The molecule has 0 aliphatic heterocycles. The van der Waals surface area contributed by atoms with Gasteiger partial charge in [-0.15, -0.1) is 11.6 Å². The molecule has 1 heteroatoms. The average molecular weight is 260 g/mol. The van der Waals surface area contributed by atoms with Crippen LogP contribution in [0, 0.1) is 5.88 Å². The molecule has 0 N–H and O–H groups in total. The molecule has 1 radical (unpaired) electrons. The Labute approximate surface area is 115 Å². The van der Waals surface area contributed by atoms with Gasteiger partial charge in [-0.05, 0) is 6.42 Å². The van der Waals surface area contributed by atoms with Gasteiger partial charge in [0, 0.05) is 5.88 Å².